The normalized spacial score (nSPS) is 11.8. The average Bonchev–Trinajstić information content (AvgIpc) is 2.87. The number of hydrogen-bond acceptors (Lipinski definition) is 2. The third-order valence-electron chi connectivity index (χ3n) is 5.83. The number of rotatable bonds is 5. The van der Waals surface area contributed by atoms with Crippen LogP contribution < -0.4 is 0 Å². The Kier molecular flexibility index (Phi) is 6.20. The molecule has 0 aromatic heterocycles. The van der Waals surface area contributed by atoms with Crippen molar-refractivity contribution in [1.82, 2.24) is 0 Å². The van der Waals surface area contributed by atoms with E-state index in [1.54, 1.807) is 12.1 Å². The van der Waals surface area contributed by atoms with Crippen LogP contribution >= 0.6 is 0 Å². The van der Waals surface area contributed by atoms with Crippen LogP contribution in [0, 0.1) is 29.1 Å². The number of para-hydroxylation sites is 1. The van der Waals surface area contributed by atoms with Crippen LogP contribution in [0.1, 0.15) is 29.2 Å². The molecule has 4 aromatic rings. The molecule has 0 aliphatic rings. The minimum Gasteiger partial charge on any atom is -0.507 e. The number of phenolic OH excluding ortho intramolecular Hbond substituents is 1. The number of nitrogens with zero attached hydrogens (tertiary/aromatic N) is 1. The fraction of sp³-hybridized carbons (Fsp3) is 0.0741. The van der Waals surface area contributed by atoms with Gasteiger partial charge in [0.2, 0.25) is 5.82 Å². The Morgan fingerprint density at radius 1 is 0.647 bits per heavy atom. The predicted molar refractivity (Wildman–Crippen MR) is 120 cm³/mol. The van der Waals surface area contributed by atoms with Gasteiger partial charge in [0.1, 0.15) is 11.4 Å². The summed E-state index contributed by atoms with van der Waals surface area (Å²) in [5.41, 5.74) is 0.0673. The lowest BCUT2D eigenvalue weighted by Gasteiger charge is -2.32. The monoisotopic (exact) mass is 467 g/mol. The van der Waals surface area contributed by atoms with Gasteiger partial charge < -0.3 is 5.11 Å². The second-order valence-corrected chi connectivity index (χ2v) is 7.78. The Balaban J connectivity index is 1.87. The molecule has 4 aromatic carbocycles. The maximum absolute atomic E-state index is 14.0. The highest BCUT2D eigenvalue weighted by Crippen LogP contribution is 2.43. The second kappa shape index (κ2) is 9.09. The van der Waals surface area contributed by atoms with E-state index >= 15 is 0 Å². The number of halogens is 5. The van der Waals surface area contributed by atoms with Gasteiger partial charge in [-0.25, -0.2) is 26.9 Å². The first-order valence-corrected chi connectivity index (χ1v) is 10.3. The van der Waals surface area contributed by atoms with E-state index in [1.807, 2.05) is 67.6 Å². The molecule has 0 spiro atoms. The largest absolute Gasteiger partial charge is 0.507 e. The summed E-state index contributed by atoms with van der Waals surface area (Å²) in [5, 5.41) is 11.1. The molecule has 1 N–H and O–H groups in total. The van der Waals surface area contributed by atoms with Crippen LogP contribution in [0.3, 0.4) is 0 Å². The lowest BCUT2D eigenvalue weighted by molar-refractivity contribution is 0.381. The molecule has 4 rings (SSSR count). The van der Waals surface area contributed by atoms with Gasteiger partial charge in [-0.05, 0) is 24.1 Å². The van der Waals surface area contributed by atoms with Crippen molar-refractivity contribution in [1.29, 1.82) is 0 Å². The SMILES string of the molecule is CC(c1ccccc1)(c1ccccc1)c1cccc(C=Nc2c(F)c(F)c(F)c(F)c2F)c1O. The lowest BCUT2D eigenvalue weighted by Crippen LogP contribution is -2.25. The second-order valence-electron chi connectivity index (χ2n) is 7.78. The van der Waals surface area contributed by atoms with E-state index in [2.05, 4.69) is 4.99 Å². The van der Waals surface area contributed by atoms with E-state index < -0.39 is 40.2 Å². The molecular formula is C27H18F5NO. The van der Waals surface area contributed by atoms with Gasteiger partial charge in [0, 0.05) is 22.8 Å². The van der Waals surface area contributed by atoms with Gasteiger partial charge in [0.05, 0.1) is 0 Å². The summed E-state index contributed by atoms with van der Waals surface area (Å²) in [6.07, 6.45) is 0.869. The van der Waals surface area contributed by atoms with Crippen LogP contribution in [-0.4, -0.2) is 11.3 Å². The summed E-state index contributed by atoms with van der Waals surface area (Å²) >= 11 is 0. The van der Waals surface area contributed by atoms with Crippen LogP contribution in [0.5, 0.6) is 5.75 Å². The lowest BCUT2D eigenvalue weighted by atomic mass is 9.70. The summed E-state index contributed by atoms with van der Waals surface area (Å²) in [6.45, 7) is 1.91. The number of phenols is 1. The highest BCUT2D eigenvalue weighted by molar-refractivity contribution is 5.86. The molecule has 0 radical (unpaired) electrons. The maximum atomic E-state index is 14.0. The van der Waals surface area contributed by atoms with Gasteiger partial charge in [0.25, 0.3) is 0 Å². The third kappa shape index (κ3) is 3.83. The number of benzene rings is 4. The van der Waals surface area contributed by atoms with Gasteiger partial charge in [-0.1, -0.05) is 72.8 Å². The Labute approximate surface area is 192 Å². The van der Waals surface area contributed by atoms with Crippen LogP contribution in [0.15, 0.2) is 83.9 Å². The first-order chi connectivity index (χ1) is 16.3. The molecule has 0 fully saturated rings. The number of aliphatic imine (C=N–C) groups is 1. The first-order valence-electron chi connectivity index (χ1n) is 10.3. The predicted octanol–water partition coefficient (Wildman–Crippen LogP) is 7.19. The minimum atomic E-state index is -2.26. The maximum Gasteiger partial charge on any atom is 0.200 e. The molecule has 0 saturated heterocycles. The molecule has 0 heterocycles. The zero-order valence-electron chi connectivity index (χ0n) is 17.9. The summed E-state index contributed by atoms with van der Waals surface area (Å²) < 4.78 is 68.4. The molecule has 172 valence electrons. The van der Waals surface area contributed by atoms with E-state index in [0.717, 1.165) is 17.3 Å². The third-order valence-corrected chi connectivity index (χ3v) is 5.83. The van der Waals surface area contributed by atoms with Gasteiger partial charge in [-0.15, -0.1) is 0 Å². The fourth-order valence-electron chi connectivity index (χ4n) is 3.93. The fourth-order valence-corrected chi connectivity index (χ4v) is 3.93. The van der Waals surface area contributed by atoms with E-state index in [4.69, 9.17) is 0 Å². The van der Waals surface area contributed by atoms with Crippen molar-refractivity contribution in [3.63, 3.8) is 0 Å². The van der Waals surface area contributed by atoms with Crippen molar-refractivity contribution in [3.05, 3.63) is 130 Å². The Morgan fingerprint density at radius 2 is 1.12 bits per heavy atom. The summed E-state index contributed by atoms with van der Waals surface area (Å²) in [6, 6.07) is 23.5. The van der Waals surface area contributed by atoms with Crippen molar-refractivity contribution in [2.24, 2.45) is 4.99 Å². The molecule has 7 heteroatoms. The minimum absolute atomic E-state index is 0.0412. The smallest absolute Gasteiger partial charge is 0.200 e. The zero-order valence-corrected chi connectivity index (χ0v) is 17.9. The molecule has 0 unspecified atom stereocenters. The zero-order chi connectivity index (χ0) is 24.5. The summed E-state index contributed by atoms with van der Waals surface area (Å²) in [7, 11) is 0. The van der Waals surface area contributed by atoms with E-state index in [1.165, 1.54) is 6.07 Å². The molecule has 0 bridgehead atoms. The number of hydrogen-bond donors (Lipinski definition) is 1. The molecule has 0 aliphatic heterocycles. The Morgan fingerprint density at radius 3 is 1.62 bits per heavy atom. The Bertz CT molecular complexity index is 1300. The van der Waals surface area contributed by atoms with E-state index in [0.29, 0.717) is 5.56 Å². The molecule has 2 nitrogen and oxygen atoms in total. The quantitative estimate of drug-likeness (QED) is 0.109. The van der Waals surface area contributed by atoms with Gasteiger partial charge in [-0.3, -0.25) is 0 Å². The van der Waals surface area contributed by atoms with Crippen LogP contribution in [0.4, 0.5) is 27.6 Å². The van der Waals surface area contributed by atoms with Gasteiger partial charge in [-0.2, -0.15) is 0 Å². The van der Waals surface area contributed by atoms with Gasteiger partial charge in [0.15, 0.2) is 23.3 Å². The molecule has 0 saturated carbocycles. The van der Waals surface area contributed by atoms with Crippen molar-refractivity contribution in [3.8, 4) is 5.75 Å². The molecule has 0 amide bonds. The summed E-state index contributed by atoms with van der Waals surface area (Å²) in [4.78, 5) is 3.49. The van der Waals surface area contributed by atoms with E-state index in [9.17, 15) is 27.1 Å². The van der Waals surface area contributed by atoms with Crippen molar-refractivity contribution < 1.29 is 27.1 Å². The highest BCUT2D eigenvalue weighted by atomic mass is 19.2. The highest BCUT2D eigenvalue weighted by Gasteiger charge is 2.34. The van der Waals surface area contributed by atoms with E-state index in [-0.39, 0.29) is 11.3 Å². The average molecular weight is 467 g/mol. The van der Waals surface area contributed by atoms with Crippen molar-refractivity contribution in [2.75, 3.05) is 0 Å². The molecule has 0 atom stereocenters. The number of aromatic hydroxyl groups is 1. The molecule has 34 heavy (non-hydrogen) atoms. The van der Waals surface area contributed by atoms with Crippen molar-refractivity contribution >= 4 is 11.9 Å². The summed E-state index contributed by atoms with van der Waals surface area (Å²) in [5.74, 6) is -10.8. The molecular weight excluding hydrogens is 449 g/mol. The van der Waals surface area contributed by atoms with Gasteiger partial charge >= 0.3 is 0 Å². The van der Waals surface area contributed by atoms with Crippen LogP contribution in [0.25, 0.3) is 0 Å². The van der Waals surface area contributed by atoms with Crippen LogP contribution in [0.2, 0.25) is 0 Å². The van der Waals surface area contributed by atoms with Crippen LogP contribution in [-0.2, 0) is 5.41 Å². The first kappa shape index (κ1) is 23.2. The van der Waals surface area contributed by atoms with Crippen molar-refractivity contribution in [2.45, 2.75) is 12.3 Å². The molecule has 0 aliphatic carbocycles. The standard InChI is InChI=1S/C27H18F5NO/c1-27(17-10-4-2-5-11-17,18-12-6-3-7-13-18)19-14-8-9-16(26(19)34)15-33-25-23(31)21(29)20(28)22(30)24(25)32/h2-15,34H,1H3. The Hall–Kier alpha value is -4.00. The topological polar surface area (TPSA) is 32.6 Å².